The Hall–Kier alpha value is -1.35. The van der Waals surface area contributed by atoms with Crippen molar-refractivity contribution >= 4 is 11.0 Å². The van der Waals surface area contributed by atoms with Crippen molar-refractivity contribution in [2.24, 2.45) is 5.92 Å². The first kappa shape index (κ1) is 13.6. The fourth-order valence-electron chi connectivity index (χ4n) is 3.58. The molecule has 0 amide bonds. The smallest absolute Gasteiger partial charge is 0.137 e. The zero-order chi connectivity index (χ0) is 13.8. The van der Waals surface area contributed by atoms with Gasteiger partial charge in [-0.05, 0) is 42.9 Å². The van der Waals surface area contributed by atoms with E-state index in [1.165, 1.54) is 49.5 Å². The van der Waals surface area contributed by atoms with E-state index in [-0.39, 0.29) is 0 Å². The third kappa shape index (κ3) is 2.88. The summed E-state index contributed by atoms with van der Waals surface area (Å²) in [6.07, 6.45) is 12.2. The molecule has 2 aromatic heterocycles. The molecule has 0 aliphatic heterocycles. The maximum Gasteiger partial charge on any atom is 0.137 e. The Labute approximate surface area is 121 Å². The molecule has 1 saturated carbocycles. The van der Waals surface area contributed by atoms with Gasteiger partial charge in [-0.3, -0.25) is 0 Å². The summed E-state index contributed by atoms with van der Waals surface area (Å²) in [5, 5.41) is 5.03. The lowest BCUT2D eigenvalue weighted by molar-refractivity contribution is 0.262. The topological polar surface area (TPSA) is 40.7 Å². The number of nitrogens with zero attached hydrogens (tertiary/aromatic N) is 1. The maximum absolute atomic E-state index is 4.36. The van der Waals surface area contributed by atoms with E-state index in [0.717, 1.165) is 18.1 Å². The normalized spacial score (nSPS) is 18.4. The highest BCUT2D eigenvalue weighted by atomic mass is 14.9. The lowest BCUT2D eigenvalue weighted by Crippen LogP contribution is -2.36. The summed E-state index contributed by atoms with van der Waals surface area (Å²) < 4.78 is 0. The van der Waals surface area contributed by atoms with Crippen molar-refractivity contribution < 1.29 is 0 Å². The Balaban J connectivity index is 1.65. The Morgan fingerprint density at radius 2 is 2.20 bits per heavy atom. The molecule has 1 fully saturated rings. The van der Waals surface area contributed by atoms with Gasteiger partial charge in [-0.2, -0.15) is 0 Å². The van der Waals surface area contributed by atoms with E-state index in [0.29, 0.717) is 6.04 Å². The first-order valence-corrected chi connectivity index (χ1v) is 8.03. The van der Waals surface area contributed by atoms with Crippen molar-refractivity contribution in [3.05, 3.63) is 30.1 Å². The van der Waals surface area contributed by atoms with Crippen LogP contribution >= 0.6 is 0 Å². The van der Waals surface area contributed by atoms with E-state index in [4.69, 9.17) is 0 Å². The standard InChI is InChI=1S/C17H25N3/c1-2-16(13-7-4-3-5-8-13)19-11-14-12-20-17-15(14)9-6-10-18-17/h6,9-10,12-13,16,19H,2-5,7-8,11H2,1H3,(H,18,20). The quantitative estimate of drug-likeness (QED) is 0.862. The zero-order valence-corrected chi connectivity index (χ0v) is 12.4. The minimum Gasteiger partial charge on any atom is -0.346 e. The molecule has 2 heterocycles. The summed E-state index contributed by atoms with van der Waals surface area (Å²) in [6, 6.07) is 4.83. The molecule has 0 saturated heterocycles. The monoisotopic (exact) mass is 271 g/mol. The minimum atomic E-state index is 0.664. The summed E-state index contributed by atoms with van der Waals surface area (Å²) in [5.74, 6) is 0.872. The van der Waals surface area contributed by atoms with Gasteiger partial charge in [0, 0.05) is 30.4 Å². The molecule has 20 heavy (non-hydrogen) atoms. The number of hydrogen-bond donors (Lipinski definition) is 2. The lowest BCUT2D eigenvalue weighted by atomic mass is 9.83. The summed E-state index contributed by atoms with van der Waals surface area (Å²) in [7, 11) is 0. The molecule has 3 nitrogen and oxygen atoms in total. The summed E-state index contributed by atoms with van der Waals surface area (Å²) >= 11 is 0. The van der Waals surface area contributed by atoms with Crippen molar-refractivity contribution in [3.63, 3.8) is 0 Å². The van der Waals surface area contributed by atoms with Gasteiger partial charge in [0.2, 0.25) is 0 Å². The molecule has 1 aliphatic carbocycles. The van der Waals surface area contributed by atoms with Gasteiger partial charge in [0.15, 0.2) is 0 Å². The Morgan fingerprint density at radius 3 is 3.00 bits per heavy atom. The number of nitrogens with one attached hydrogen (secondary N) is 2. The number of aromatic nitrogens is 2. The van der Waals surface area contributed by atoms with Gasteiger partial charge in [0.1, 0.15) is 5.65 Å². The predicted octanol–water partition coefficient (Wildman–Crippen LogP) is 4.01. The van der Waals surface area contributed by atoms with Crippen LogP contribution in [0, 0.1) is 5.92 Å². The molecule has 3 rings (SSSR count). The van der Waals surface area contributed by atoms with Gasteiger partial charge in [-0.1, -0.05) is 26.2 Å². The van der Waals surface area contributed by atoms with E-state index < -0.39 is 0 Å². The van der Waals surface area contributed by atoms with Crippen LogP contribution in [0.2, 0.25) is 0 Å². The first-order chi connectivity index (χ1) is 9.88. The molecule has 1 aliphatic rings. The Bertz CT molecular complexity index is 540. The second-order valence-electron chi connectivity index (χ2n) is 6.01. The number of fused-ring (bicyclic) bond motifs is 1. The van der Waals surface area contributed by atoms with Crippen LogP contribution in [-0.2, 0) is 6.54 Å². The summed E-state index contributed by atoms with van der Waals surface area (Å²) in [5.41, 5.74) is 2.33. The molecular weight excluding hydrogens is 246 g/mol. The number of hydrogen-bond acceptors (Lipinski definition) is 2. The fourth-order valence-corrected chi connectivity index (χ4v) is 3.58. The summed E-state index contributed by atoms with van der Waals surface area (Å²) in [4.78, 5) is 7.61. The van der Waals surface area contributed by atoms with E-state index in [1.54, 1.807) is 0 Å². The van der Waals surface area contributed by atoms with Crippen LogP contribution in [0.3, 0.4) is 0 Å². The second kappa shape index (κ2) is 6.40. The predicted molar refractivity (Wildman–Crippen MR) is 83.6 cm³/mol. The number of H-pyrrole nitrogens is 1. The average molecular weight is 271 g/mol. The molecule has 1 atom stereocenters. The van der Waals surface area contributed by atoms with E-state index in [1.807, 2.05) is 12.3 Å². The Morgan fingerprint density at radius 1 is 1.35 bits per heavy atom. The van der Waals surface area contributed by atoms with Crippen LogP contribution in [0.4, 0.5) is 0 Å². The van der Waals surface area contributed by atoms with Crippen molar-refractivity contribution in [1.82, 2.24) is 15.3 Å². The molecule has 0 bridgehead atoms. The molecule has 3 heteroatoms. The molecule has 108 valence electrons. The molecule has 2 aromatic rings. The van der Waals surface area contributed by atoms with Gasteiger partial charge < -0.3 is 10.3 Å². The van der Waals surface area contributed by atoms with E-state index in [2.05, 4.69) is 34.5 Å². The minimum absolute atomic E-state index is 0.664. The van der Waals surface area contributed by atoms with Crippen LogP contribution in [0.5, 0.6) is 0 Å². The van der Waals surface area contributed by atoms with Crippen LogP contribution in [0.1, 0.15) is 51.0 Å². The maximum atomic E-state index is 4.36. The summed E-state index contributed by atoms with van der Waals surface area (Å²) in [6.45, 7) is 3.25. The van der Waals surface area contributed by atoms with Crippen molar-refractivity contribution in [3.8, 4) is 0 Å². The molecule has 0 spiro atoms. The zero-order valence-electron chi connectivity index (χ0n) is 12.4. The van der Waals surface area contributed by atoms with Gasteiger partial charge in [-0.15, -0.1) is 0 Å². The van der Waals surface area contributed by atoms with Crippen LogP contribution in [0.15, 0.2) is 24.5 Å². The van der Waals surface area contributed by atoms with Crippen LogP contribution in [0.25, 0.3) is 11.0 Å². The van der Waals surface area contributed by atoms with Gasteiger partial charge in [-0.25, -0.2) is 4.98 Å². The number of rotatable bonds is 5. The van der Waals surface area contributed by atoms with E-state index in [9.17, 15) is 0 Å². The first-order valence-electron chi connectivity index (χ1n) is 8.03. The third-order valence-corrected chi connectivity index (χ3v) is 4.75. The van der Waals surface area contributed by atoms with Gasteiger partial charge >= 0.3 is 0 Å². The highest BCUT2D eigenvalue weighted by molar-refractivity contribution is 5.79. The molecule has 0 radical (unpaired) electrons. The largest absolute Gasteiger partial charge is 0.346 e. The van der Waals surface area contributed by atoms with Crippen molar-refractivity contribution in [2.75, 3.05) is 0 Å². The highest BCUT2D eigenvalue weighted by Gasteiger charge is 2.21. The second-order valence-corrected chi connectivity index (χ2v) is 6.01. The Kier molecular flexibility index (Phi) is 4.36. The van der Waals surface area contributed by atoms with E-state index >= 15 is 0 Å². The number of aromatic amines is 1. The molecule has 0 aromatic carbocycles. The molecule has 1 unspecified atom stereocenters. The average Bonchev–Trinajstić information content (AvgIpc) is 2.92. The third-order valence-electron chi connectivity index (χ3n) is 4.75. The van der Waals surface area contributed by atoms with Crippen molar-refractivity contribution in [2.45, 2.75) is 58.0 Å². The number of pyridine rings is 1. The SMILES string of the molecule is CCC(NCc1c[nH]c2ncccc12)C1CCCCC1. The van der Waals surface area contributed by atoms with Crippen LogP contribution < -0.4 is 5.32 Å². The van der Waals surface area contributed by atoms with Crippen molar-refractivity contribution in [1.29, 1.82) is 0 Å². The fraction of sp³-hybridized carbons (Fsp3) is 0.588. The molecular formula is C17H25N3. The highest BCUT2D eigenvalue weighted by Crippen LogP contribution is 2.28. The molecule has 2 N–H and O–H groups in total. The van der Waals surface area contributed by atoms with Crippen LogP contribution in [-0.4, -0.2) is 16.0 Å². The van der Waals surface area contributed by atoms with Gasteiger partial charge in [0.05, 0.1) is 0 Å². The lowest BCUT2D eigenvalue weighted by Gasteiger charge is -2.30. The van der Waals surface area contributed by atoms with Gasteiger partial charge in [0.25, 0.3) is 0 Å².